The topological polar surface area (TPSA) is 111 Å². The first-order chi connectivity index (χ1) is 18.5. The molecule has 0 fully saturated rings. The van der Waals surface area contributed by atoms with E-state index in [-0.39, 0.29) is 29.3 Å². The smallest absolute Gasteiger partial charge is 0.485 e. The number of nitrogens with one attached hydrogen (secondary N) is 1. The molecule has 214 valence electrons. The van der Waals surface area contributed by atoms with Crippen LogP contribution in [0.1, 0.15) is 11.1 Å². The molecule has 0 saturated heterocycles. The molecule has 2 unspecified atom stereocenters. The Morgan fingerprint density at radius 3 is 2.40 bits per heavy atom. The van der Waals surface area contributed by atoms with Crippen LogP contribution in [0.4, 0.5) is 26.3 Å². The normalized spacial score (nSPS) is 13.1. The predicted molar refractivity (Wildman–Crippen MR) is 135 cm³/mol. The predicted octanol–water partition coefficient (Wildman–Crippen LogP) is 3.30. The van der Waals surface area contributed by atoms with Crippen molar-refractivity contribution in [2.45, 2.75) is 38.7 Å². The summed E-state index contributed by atoms with van der Waals surface area (Å²) in [5.74, 6) is -1.19. The number of ether oxygens (including phenoxy) is 2. The van der Waals surface area contributed by atoms with Gasteiger partial charge in [-0.2, -0.15) is 13.2 Å². The molecule has 0 aliphatic heterocycles. The fourth-order valence-corrected chi connectivity index (χ4v) is 4.17. The van der Waals surface area contributed by atoms with Crippen LogP contribution in [0.2, 0.25) is 0 Å². The maximum absolute atomic E-state index is 13.2. The minimum atomic E-state index is -5.11. The highest BCUT2D eigenvalue weighted by Gasteiger charge is 2.39. The molecular weight excluding hydrogens is 569 g/mol. The Kier molecular flexibility index (Phi) is 7.74. The van der Waals surface area contributed by atoms with E-state index in [2.05, 4.69) is 19.0 Å². The molecular formula is C24H21F6N4O5P. The number of alkyl halides is 6. The largest absolute Gasteiger partial charge is 0.573 e. The maximum atomic E-state index is 13.2. The van der Waals surface area contributed by atoms with E-state index in [1.165, 1.54) is 19.2 Å². The Morgan fingerprint density at radius 1 is 1.07 bits per heavy atom. The zero-order chi connectivity index (χ0) is 29.6. The maximum Gasteiger partial charge on any atom is 0.573 e. The van der Waals surface area contributed by atoms with Crippen LogP contribution >= 0.6 is 9.24 Å². The highest BCUT2D eigenvalue weighted by atomic mass is 31.0. The van der Waals surface area contributed by atoms with Crippen molar-refractivity contribution < 1.29 is 40.9 Å². The van der Waals surface area contributed by atoms with Crippen molar-refractivity contribution in [1.82, 2.24) is 19.1 Å². The highest BCUT2D eigenvalue weighted by Crippen LogP contribution is 2.37. The summed E-state index contributed by atoms with van der Waals surface area (Å²) < 4.78 is 89.7. The van der Waals surface area contributed by atoms with Gasteiger partial charge in [0.05, 0.1) is 6.54 Å². The van der Waals surface area contributed by atoms with Crippen LogP contribution in [0.3, 0.4) is 0 Å². The number of imidazole rings is 1. The van der Waals surface area contributed by atoms with Gasteiger partial charge in [0.1, 0.15) is 12.4 Å². The molecule has 4 rings (SSSR count). The molecule has 2 heterocycles. The van der Waals surface area contributed by atoms with E-state index >= 15 is 0 Å². The van der Waals surface area contributed by atoms with E-state index in [9.17, 15) is 41.0 Å². The lowest BCUT2D eigenvalue weighted by Crippen LogP contribution is -2.39. The summed E-state index contributed by atoms with van der Waals surface area (Å²) >= 11 is 0. The quantitative estimate of drug-likeness (QED) is 0.253. The standard InChI is InChI=1S/C24H21F6N4O5P/c1-11-3-4-12(7-16(11)40)10-38-14-6-5-13(8-15(14)39-24(28,29)30)19-31-20-18(33(19)2)21(36)32-22(37)34(20)9-17(35)23(25,26)27/h3-8,17,35H,9-10,40H2,1-2H3,(H,32,36,37). The first kappa shape index (κ1) is 29.2. The molecule has 2 atom stereocenters. The molecule has 0 saturated carbocycles. The van der Waals surface area contributed by atoms with Crippen LogP contribution in [0, 0.1) is 6.92 Å². The number of benzene rings is 2. The van der Waals surface area contributed by atoms with E-state index in [0.29, 0.717) is 10.1 Å². The lowest BCUT2D eigenvalue weighted by Gasteiger charge is -2.16. The minimum absolute atomic E-state index is 0.0392. The third kappa shape index (κ3) is 6.15. The summed E-state index contributed by atoms with van der Waals surface area (Å²) in [6.45, 7) is 0.511. The van der Waals surface area contributed by atoms with E-state index in [0.717, 1.165) is 21.5 Å². The van der Waals surface area contributed by atoms with Crippen LogP contribution < -0.4 is 26.0 Å². The van der Waals surface area contributed by atoms with Crippen molar-refractivity contribution in [3.05, 3.63) is 68.4 Å². The number of fused-ring (bicyclic) bond motifs is 1. The van der Waals surface area contributed by atoms with E-state index in [4.69, 9.17) is 4.74 Å². The Bertz CT molecular complexity index is 1690. The van der Waals surface area contributed by atoms with Crippen molar-refractivity contribution >= 4 is 25.7 Å². The fraction of sp³-hybridized carbons (Fsp3) is 0.292. The van der Waals surface area contributed by atoms with Gasteiger partial charge in [-0.25, -0.2) is 9.78 Å². The van der Waals surface area contributed by atoms with Gasteiger partial charge in [-0.15, -0.1) is 22.4 Å². The highest BCUT2D eigenvalue weighted by molar-refractivity contribution is 7.27. The van der Waals surface area contributed by atoms with Gasteiger partial charge in [0.2, 0.25) is 0 Å². The first-order valence-electron chi connectivity index (χ1n) is 11.4. The molecule has 16 heteroatoms. The van der Waals surface area contributed by atoms with Gasteiger partial charge >= 0.3 is 18.2 Å². The van der Waals surface area contributed by atoms with Gasteiger partial charge in [-0.1, -0.05) is 12.1 Å². The zero-order valence-electron chi connectivity index (χ0n) is 20.7. The van der Waals surface area contributed by atoms with E-state index in [1.54, 1.807) is 12.1 Å². The van der Waals surface area contributed by atoms with Gasteiger partial charge in [0.15, 0.2) is 28.8 Å². The Morgan fingerprint density at radius 2 is 1.77 bits per heavy atom. The minimum Gasteiger partial charge on any atom is -0.485 e. The first-order valence-corrected chi connectivity index (χ1v) is 11.9. The molecule has 2 aromatic heterocycles. The van der Waals surface area contributed by atoms with Gasteiger partial charge in [0.25, 0.3) is 5.56 Å². The lowest BCUT2D eigenvalue weighted by molar-refractivity contribution is -0.275. The van der Waals surface area contributed by atoms with Crippen LogP contribution in [-0.2, 0) is 20.2 Å². The number of hydrogen-bond donors (Lipinski definition) is 2. The van der Waals surface area contributed by atoms with E-state index < -0.39 is 47.8 Å². The molecule has 2 N–H and O–H groups in total. The summed E-state index contributed by atoms with van der Waals surface area (Å²) in [7, 11) is 3.82. The van der Waals surface area contributed by atoms with Crippen LogP contribution in [0.5, 0.6) is 11.5 Å². The molecule has 4 aromatic rings. The molecule has 40 heavy (non-hydrogen) atoms. The number of aryl methyl sites for hydroxylation is 2. The molecule has 0 radical (unpaired) electrons. The Hall–Kier alpha value is -3.84. The SMILES string of the molecule is Cc1ccc(COc2ccc(-c3nc4c(c(=O)[nH]c(=O)n4CC(O)C(F)(F)F)n3C)cc2OC(F)(F)F)cc1P. The second kappa shape index (κ2) is 10.6. The molecule has 0 bridgehead atoms. The van der Waals surface area contributed by atoms with E-state index in [1.807, 2.05) is 18.0 Å². The second-order valence-corrected chi connectivity index (χ2v) is 9.40. The number of aliphatic hydroxyl groups excluding tert-OH is 1. The van der Waals surface area contributed by atoms with Crippen molar-refractivity contribution in [3.63, 3.8) is 0 Å². The average Bonchev–Trinajstić information content (AvgIpc) is 3.18. The molecule has 0 aliphatic carbocycles. The Labute approximate surface area is 223 Å². The number of H-pyrrole nitrogens is 1. The molecule has 0 spiro atoms. The van der Waals surface area contributed by atoms with Gasteiger partial charge in [-0.05, 0) is 47.6 Å². The number of nitrogens with zero attached hydrogens (tertiary/aromatic N) is 3. The van der Waals surface area contributed by atoms with Crippen LogP contribution in [-0.4, -0.2) is 42.9 Å². The number of aromatic amines is 1. The van der Waals surface area contributed by atoms with Crippen molar-refractivity contribution in [3.8, 4) is 22.9 Å². The molecule has 0 aliphatic rings. The van der Waals surface area contributed by atoms with Crippen molar-refractivity contribution in [1.29, 1.82) is 0 Å². The summed E-state index contributed by atoms with van der Waals surface area (Å²) in [6.07, 6.45) is -13.1. The molecule has 0 amide bonds. The molecule has 2 aromatic carbocycles. The summed E-state index contributed by atoms with van der Waals surface area (Å²) in [6, 6.07) is 8.76. The number of halogens is 6. The molecule has 9 nitrogen and oxygen atoms in total. The van der Waals surface area contributed by atoms with Gasteiger partial charge in [0, 0.05) is 12.6 Å². The third-order valence-electron chi connectivity index (χ3n) is 5.91. The number of aliphatic hydroxyl groups is 1. The van der Waals surface area contributed by atoms with Crippen molar-refractivity contribution in [2.24, 2.45) is 7.05 Å². The fourth-order valence-electron chi connectivity index (χ4n) is 3.86. The van der Waals surface area contributed by atoms with Crippen molar-refractivity contribution in [2.75, 3.05) is 0 Å². The van der Waals surface area contributed by atoms with Gasteiger partial charge in [-0.3, -0.25) is 14.3 Å². The number of rotatable bonds is 7. The van der Waals surface area contributed by atoms with Gasteiger partial charge < -0.3 is 19.1 Å². The summed E-state index contributed by atoms with van der Waals surface area (Å²) in [5.41, 5.74) is -1.51. The second-order valence-electron chi connectivity index (χ2n) is 8.78. The monoisotopic (exact) mass is 590 g/mol. The zero-order valence-corrected chi connectivity index (χ0v) is 21.9. The lowest BCUT2D eigenvalue weighted by atomic mass is 10.1. The van der Waals surface area contributed by atoms with Crippen LogP contribution in [0.25, 0.3) is 22.6 Å². The number of aromatic nitrogens is 4. The number of hydrogen-bond acceptors (Lipinski definition) is 6. The van der Waals surface area contributed by atoms with Crippen LogP contribution in [0.15, 0.2) is 46.0 Å². The Balaban J connectivity index is 1.78. The average molecular weight is 590 g/mol. The summed E-state index contributed by atoms with van der Waals surface area (Å²) in [4.78, 5) is 30.7. The summed E-state index contributed by atoms with van der Waals surface area (Å²) in [5, 5.41) is 10.3. The third-order valence-corrected chi connectivity index (χ3v) is 6.53.